The van der Waals surface area contributed by atoms with Crippen molar-refractivity contribution in [2.45, 2.75) is 13.3 Å². The van der Waals surface area contributed by atoms with Gasteiger partial charge in [0.2, 0.25) is 0 Å². The molecule has 0 aliphatic carbocycles. The summed E-state index contributed by atoms with van der Waals surface area (Å²) in [5.74, 6) is 2.29. The Morgan fingerprint density at radius 1 is 0.962 bits per heavy atom. The third-order valence-electron chi connectivity index (χ3n) is 5.22. The Balaban J connectivity index is 1.42. The number of para-hydroxylation sites is 4. The van der Waals surface area contributed by atoms with Crippen LogP contribution in [0, 0.1) is 0 Å². The molecule has 2 aliphatic heterocycles. The molecule has 5 nitrogen and oxygen atoms in total. The van der Waals surface area contributed by atoms with E-state index in [1.807, 2.05) is 28.8 Å². The minimum absolute atomic E-state index is 0.436. The van der Waals surface area contributed by atoms with Crippen LogP contribution < -0.4 is 9.64 Å². The van der Waals surface area contributed by atoms with Gasteiger partial charge in [-0.2, -0.15) is 0 Å². The lowest BCUT2D eigenvalue weighted by atomic mass is 10.1. The fourth-order valence-electron chi connectivity index (χ4n) is 3.77. The second-order valence-electron chi connectivity index (χ2n) is 6.92. The summed E-state index contributed by atoms with van der Waals surface area (Å²) in [7, 11) is 0. The van der Waals surface area contributed by atoms with Gasteiger partial charge < -0.3 is 14.7 Å². The highest BCUT2D eigenvalue weighted by Gasteiger charge is 2.24. The van der Waals surface area contributed by atoms with E-state index in [2.05, 4.69) is 34.1 Å². The predicted octanol–water partition coefficient (Wildman–Crippen LogP) is 3.63. The Hall–Kier alpha value is -2.53. The number of benzene rings is 2. The lowest BCUT2D eigenvalue weighted by Gasteiger charge is -2.33. The summed E-state index contributed by atoms with van der Waals surface area (Å²) >= 11 is 0. The average molecular weight is 352 g/mol. The molecule has 0 bridgehead atoms. The van der Waals surface area contributed by atoms with Crippen molar-refractivity contribution in [1.29, 1.82) is 0 Å². The number of anilines is 2. The van der Waals surface area contributed by atoms with E-state index in [4.69, 9.17) is 4.74 Å². The van der Waals surface area contributed by atoms with E-state index < -0.39 is 0 Å². The predicted molar refractivity (Wildman–Crippen MR) is 104 cm³/mol. The van der Waals surface area contributed by atoms with Crippen molar-refractivity contribution < 1.29 is 14.4 Å². The number of hydrogen-bond acceptors (Lipinski definition) is 3. The zero-order valence-corrected chi connectivity index (χ0v) is 15.3. The number of rotatable bonds is 4. The smallest absolute Gasteiger partial charge is 0.330 e. The van der Waals surface area contributed by atoms with Crippen LogP contribution in [0.5, 0.6) is 11.5 Å². The highest BCUT2D eigenvalue weighted by atomic mass is 16.5. The van der Waals surface area contributed by atoms with Gasteiger partial charge in [0, 0.05) is 13.1 Å². The Bertz CT molecular complexity index is 759. The van der Waals surface area contributed by atoms with E-state index >= 15 is 0 Å². The molecule has 26 heavy (non-hydrogen) atoms. The van der Waals surface area contributed by atoms with Crippen molar-refractivity contribution in [1.82, 2.24) is 4.90 Å². The third-order valence-corrected chi connectivity index (χ3v) is 5.22. The van der Waals surface area contributed by atoms with Crippen molar-refractivity contribution in [2.24, 2.45) is 0 Å². The molecule has 1 fully saturated rings. The van der Waals surface area contributed by atoms with Crippen molar-refractivity contribution in [3.05, 3.63) is 48.5 Å². The summed E-state index contributed by atoms with van der Waals surface area (Å²) in [6.45, 7) is 7.63. The first-order valence-corrected chi connectivity index (χ1v) is 9.35. The number of fused-ring (bicyclic) bond motifs is 2. The molecule has 0 aromatic heterocycles. The summed E-state index contributed by atoms with van der Waals surface area (Å²) in [6, 6.07) is 16.5. The molecule has 0 unspecified atom stereocenters. The molecule has 0 atom stereocenters. The zero-order valence-electron chi connectivity index (χ0n) is 15.3. The number of ether oxygens (including phenoxy) is 1. The van der Waals surface area contributed by atoms with E-state index in [0.29, 0.717) is 5.90 Å². The van der Waals surface area contributed by atoms with Crippen LogP contribution in [0.1, 0.15) is 13.3 Å². The number of aliphatic hydroxyl groups is 1. The SMILES string of the molecule is CC(O)=[N+]1CCN(CCCN2c3ccccc3Oc3ccccc32)CC1. The molecule has 2 aromatic carbocycles. The van der Waals surface area contributed by atoms with Gasteiger partial charge in [-0.15, -0.1) is 0 Å². The lowest BCUT2D eigenvalue weighted by molar-refractivity contribution is -0.547. The van der Waals surface area contributed by atoms with E-state index in [-0.39, 0.29) is 0 Å². The molecule has 1 saturated heterocycles. The molecule has 0 spiro atoms. The fraction of sp³-hybridized carbons (Fsp3) is 0.381. The van der Waals surface area contributed by atoms with Gasteiger partial charge in [0.15, 0.2) is 24.6 Å². The van der Waals surface area contributed by atoms with Crippen LogP contribution in [0.2, 0.25) is 0 Å². The lowest BCUT2D eigenvalue weighted by Crippen LogP contribution is -2.44. The Morgan fingerprint density at radius 2 is 1.54 bits per heavy atom. The molecular formula is C21H26N3O2+. The molecule has 2 aliphatic rings. The fourth-order valence-corrected chi connectivity index (χ4v) is 3.77. The van der Waals surface area contributed by atoms with Gasteiger partial charge in [0.25, 0.3) is 0 Å². The first-order chi connectivity index (χ1) is 12.7. The molecule has 0 amide bonds. The normalized spacial score (nSPS) is 16.7. The van der Waals surface area contributed by atoms with Crippen LogP contribution in [-0.4, -0.2) is 59.7 Å². The van der Waals surface area contributed by atoms with Crippen LogP contribution in [-0.2, 0) is 0 Å². The number of nitrogens with zero attached hydrogens (tertiary/aromatic N) is 3. The topological polar surface area (TPSA) is 39.0 Å². The Labute approximate surface area is 154 Å². The maximum absolute atomic E-state index is 9.60. The molecule has 0 saturated carbocycles. The molecule has 5 heteroatoms. The molecular weight excluding hydrogens is 326 g/mol. The van der Waals surface area contributed by atoms with Gasteiger partial charge >= 0.3 is 5.90 Å². The van der Waals surface area contributed by atoms with Gasteiger partial charge in [-0.1, -0.05) is 24.3 Å². The monoisotopic (exact) mass is 352 g/mol. The summed E-state index contributed by atoms with van der Waals surface area (Å²) in [4.78, 5) is 4.85. The van der Waals surface area contributed by atoms with Crippen molar-refractivity contribution in [3.8, 4) is 11.5 Å². The minimum Gasteiger partial charge on any atom is -0.464 e. The molecule has 4 rings (SSSR count). The Kier molecular flexibility index (Phi) is 4.80. The van der Waals surface area contributed by atoms with Gasteiger partial charge in [0.1, 0.15) is 0 Å². The van der Waals surface area contributed by atoms with Crippen LogP contribution in [0.15, 0.2) is 48.5 Å². The number of aliphatic hydroxyl groups excluding tert-OH is 1. The van der Waals surface area contributed by atoms with E-state index in [1.165, 1.54) is 0 Å². The first kappa shape index (κ1) is 16.9. The van der Waals surface area contributed by atoms with Crippen LogP contribution >= 0.6 is 0 Å². The van der Waals surface area contributed by atoms with Gasteiger partial charge in [-0.3, -0.25) is 4.90 Å². The van der Waals surface area contributed by atoms with Gasteiger partial charge in [-0.25, -0.2) is 4.58 Å². The molecule has 1 N–H and O–H groups in total. The zero-order chi connectivity index (χ0) is 17.9. The van der Waals surface area contributed by atoms with E-state index in [9.17, 15) is 5.11 Å². The van der Waals surface area contributed by atoms with Crippen LogP contribution in [0.25, 0.3) is 0 Å². The standard InChI is InChI=1S/C21H25N3O2/c1-17(25)23-15-13-22(14-16-23)11-6-12-24-18-7-2-4-9-20(18)26-21-10-5-3-8-19(21)24/h2-5,7-10H,6,11-16H2,1H3/p+1. The third kappa shape index (κ3) is 3.40. The van der Waals surface area contributed by atoms with Crippen molar-refractivity contribution in [3.63, 3.8) is 0 Å². The molecule has 2 aromatic rings. The number of piperazine rings is 1. The van der Waals surface area contributed by atoms with Gasteiger partial charge in [-0.05, 0) is 30.7 Å². The molecule has 0 radical (unpaired) electrons. The quantitative estimate of drug-likeness (QED) is 0.674. The van der Waals surface area contributed by atoms with E-state index in [1.54, 1.807) is 6.92 Å². The van der Waals surface area contributed by atoms with Gasteiger partial charge in [0.05, 0.1) is 31.4 Å². The summed E-state index contributed by atoms with van der Waals surface area (Å²) in [5, 5.41) is 9.60. The highest BCUT2D eigenvalue weighted by molar-refractivity contribution is 5.77. The van der Waals surface area contributed by atoms with Crippen molar-refractivity contribution >= 4 is 17.3 Å². The second-order valence-corrected chi connectivity index (χ2v) is 6.92. The van der Waals surface area contributed by atoms with Crippen LogP contribution in [0.3, 0.4) is 0 Å². The minimum atomic E-state index is 0.436. The number of hydrogen-bond donors (Lipinski definition) is 1. The second kappa shape index (κ2) is 7.38. The summed E-state index contributed by atoms with van der Waals surface area (Å²) in [6.07, 6.45) is 1.09. The summed E-state index contributed by atoms with van der Waals surface area (Å²) < 4.78 is 8.10. The van der Waals surface area contributed by atoms with Crippen molar-refractivity contribution in [2.75, 3.05) is 44.2 Å². The average Bonchev–Trinajstić information content (AvgIpc) is 2.68. The maximum atomic E-state index is 9.60. The van der Waals surface area contributed by atoms with Crippen LogP contribution in [0.4, 0.5) is 11.4 Å². The summed E-state index contributed by atoms with van der Waals surface area (Å²) in [5.41, 5.74) is 2.28. The molecule has 2 heterocycles. The maximum Gasteiger partial charge on any atom is 0.330 e. The largest absolute Gasteiger partial charge is 0.464 e. The Morgan fingerprint density at radius 3 is 2.12 bits per heavy atom. The van der Waals surface area contributed by atoms with E-state index in [0.717, 1.165) is 68.6 Å². The first-order valence-electron chi connectivity index (χ1n) is 9.35. The molecule has 136 valence electrons. The highest BCUT2D eigenvalue weighted by Crippen LogP contribution is 2.46.